The fourth-order valence-electron chi connectivity index (χ4n) is 3.27. The zero-order valence-corrected chi connectivity index (χ0v) is 17.0. The minimum Gasteiger partial charge on any atom is -0.494 e. The van der Waals surface area contributed by atoms with E-state index in [1.54, 1.807) is 55.5 Å². The molecule has 0 saturated heterocycles. The molecule has 1 aromatic heterocycles. The number of aromatic nitrogens is 2. The van der Waals surface area contributed by atoms with Crippen molar-refractivity contribution in [1.29, 1.82) is 0 Å². The molecule has 0 saturated carbocycles. The molecule has 29 heavy (non-hydrogen) atoms. The molecule has 0 fully saturated rings. The van der Waals surface area contributed by atoms with Crippen molar-refractivity contribution in [3.8, 4) is 11.4 Å². The number of hydrogen-bond acceptors (Lipinski definition) is 4. The van der Waals surface area contributed by atoms with Gasteiger partial charge in [0.2, 0.25) is 5.91 Å². The minimum absolute atomic E-state index is 0.0658. The molecule has 152 valence electrons. The van der Waals surface area contributed by atoms with E-state index in [4.69, 9.17) is 4.74 Å². The molecule has 1 amide bonds. The third-order valence-corrected chi connectivity index (χ3v) is 4.60. The van der Waals surface area contributed by atoms with Gasteiger partial charge in [-0.15, -0.1) is 0 Å². The van der Waals surface area contributed by atoms with Gasteiger partial charge < -0.3 is 10.1 Å². The summed E-state index contributed by atoms with van der Waals surface area (Å²) in [7, 11) is 0. The highest BCUT2D eigenvalue weighted by Gasteiger charge is 2.23. The fraction of sp³-hybridized carbons (Fsp3) is 0.318. The average Bonchev–Trinajstić information content (AvgIpc) is 2.69. The highest BCUT2D eigenvalue weighted by molar-refractivity contribution is 5.84. The highest BCUT2D eigenvalue weighted by atomic mass is 16.5. The molecule has 1 heterocycles. The first kappa shape index (κ1) is 20.4. The lowest BCUT2D eigenvalue weighted by Crippen LogP contribution is -2.44. The van der Waals surface area contributed by atoms with E-state index in [1.165, 1.54) is 4.57 Å². The molecular formula is C22H25N3O4. The first-order valence-electron chi connectivity index (χ1n) is 9.65. The number of nitrogens with zero attached hydrogens (tertiary/aromatic N) is 2. The summed E-state index contributed by atoms with van der Waals surface area (Å²) in [6, 6.07) is 12.7. The van der Waals surface area contributed by atoms with Crippen molar-refractivity contribution in [2.24, 2.45) is 0 Å². The third-order valence-electron chi connectivity index (χ3n) is 4.60. The van der Waals surface area contributed by atoms with Gasteiger partial charge in [0.1, 0.15) is 11.8 Å². The van der Waals surface area contributed by atoms with Crippen molar-refractivity contribution in [2.75, 3.05) is 6.61 Å². The molecule has 0 spiro atoms. The van der Waals surface area contributed by atoms with Crippen LogP contribution in [-0.2, 0) is 4.79 Å². The smallest absolute Gasteiger partial charge is 0.336 e. The number of nitrogens with one attached hydrogen (secondary N) is 1. The maximum absolute atomic E-state index is 13.4. The second kappa shape index (κ2) is 8.34. The third kappa shape index (κ3) is 3.94. The SMILES string of the molecule is CCOc1ccc(-n2c(=O)c3ccccc3n(C(C)C(=O)NC(C)C)c2=O)cc1. The molecular weight excluding hydrogens is 370 g/mol. The highest BCUT2D eigenvalue weighted by Crippen LogP contribution is 2.17. The van der Waals surface area contributed by atoms with Crippen LogP contribution < -0.4 is 21.3 Å². The molecule has 0 bridgehead atoms. The van der Waals surface area contributed by atoms with Crippen molar-refractivity contribution in [3.05, 3.63) is 69.4 Å². The number of amides is 1. The average molecular weight is 395 g/mol. The molecule has 0 aliphatic carbocycles. The predicted octanol–water partition coefficient (Wildman–Crippen LogP) is 2.64. The Morgan fingerprint density at radius 3 is 2.31 bits per heavy atom. The van der Waals surface area contributed by atoms with Gasteiger partial charge in [0.25, 0.3) is 5.56 Å². The van der Waals surface area contributed by atoms with E-state index in [1.807, 2.05) is 20.8 Å². The zero-order valence-electron chi connectivity index (χ0n) is 17.0. The Labute approximate surface area is 168 Å². The lowest BCUT2D eigenvalue weighted by Gasteiger charge is -2.20. The Bertz CT molecular complexity index is 1140. The molecule has 1 atom stereocenters. The van der Waals surface area contributed by atoms with E-state index in [0.29, 0.717) is 28.9 Å². The van der Waals surface area contributed by atoms with Crippen molar-refractivity contribution in [3.63, 3.8) is 0 Å². The molecule has 0 aliphatic rings. The minimum atomic E-state index is -0.788. The van der Waals surface area contributed by atoms with Crippen LogP contribution in [0.2, 0.25) is 0 Å². The Morgan fingerprint density at radius 2 is 1.69 bits per heavy atom. The molecule has 7 heteroatoms. The summed E-state index contributed by atoms with van der Waals surface area (Å²) in [5.41, 5.74) is -0.151. The van der Waals surface area contributed by atoms with Gasteiger partial charge in [-0.2, -0.15) is 0 Å². The topological polar surface area (TPSA) is 82.3 Å². The van der Waals surface area contributed by atoms with Gasteiger partial charge in [0, 0.05) is 6.04 Å². The van der Waals surface area contributed by atoms with Gasteiger partial charge in [-0.1, -0.05) is 12.1 Å². The number of carbonyl (C=O) groups is 1. The number of hydrogen-bond donors (Lipinski definition) is 1. The van der Waals surface area contributed by atoms with E-state index in [9.17, 15) is 14.4 Å². The van der Waals surface area contributed by atoms with Crippen LogP contribution in [0, 0.1) is 0 Å². The van der Waals surface area contributed by atoms with Crippen molar-refractivity contribution in [1.82, 2.24) is 14.5 Å². The molecule has 1 N–H and O–H groups in total. The number of carbonyl (C=O) groups excluding carboxylic acids is 1. The van der Waals surface area contributed by atoms with Crippen LogP contribution >= 0.6 is 0 Å². The van der Waals surface area contributed by atoms with Gasteiger partial charge in [-0.3, -0.25) is 14.2 Å². The van der Waals surface area contributed by atoms with Crippen LogP contribution in [0.25, 0.3) is 16.6 Å². The predicted molar refractivity (Wildman–Crippen MR) is 113 cm³/mol. The second-order valence-electron chi connectivity index (χ2n) is 7.08. The molecule has 1 unspecified atom stereocenters. The fourth-order valence-corrected chi connectivity index (χ4v) is 3.27. The summed E-state index contributed by atoms with van der Waals surface area (Å²) in [4.78, 5) is 39.1. The Balaban J connectivity index is 2.25. The second-order valence-corrected chi connectivity index (χ2v) is 7.08. The van der Waals surface area contributed by atoms with Crippen molar-refractivity contribution < 1.29 is 9.53 Å². The van der Waals surface area contributed by atoms with Crippen LogP contribution in [0.1, 0.15) is 33.7 Å². The molecule has 0 aliphatic heterocycles. The number of ether oxygens (including phenoxy) is 1. The summed E-state index contributed by atoms with van der Waals surface area (Å²) in [6.07, 6.45) is 0. The van der Waals surface area contributed by atoms with Crippen molar-refractivity contribution >= 4 is 16.8 Å². The number of benzene rings is 2. The van der Waals surface area contributed by atoms with E-state index in [2.05, 4.69) is 5.32 Å². The Hall–Kier alpha value is -3.35. The van der Waals surface area contributed by atoms with Crippen LogP contribution in [0.15, 0.2) is 58.1 Å². The lowest BCUT2D eigenvalue weighted by atomic mass is 10.2. The van der Waals surface area contributed by atoms with Crippen LogP contribution in [0.3, 0.4) is 0 Å². The molecule has 3 rings (SSSR count). The summed E-state index contributed by atoms with van der Waals surface area (Å²) in [5.74, 6) is 0.360. The molecule has 3 aromatic rings. The van der Waals surface area contributed by atoms with E-state index in [-0.39, 0.29) is 11.9 Å². The van der Waals surface area contributed by atoms with E-state index < -0.39 is 17.3 Å². The first-order chi connectivity index (χ1) is 13.8. The van der Waals surface area contributed by atoms with E-state index in [0.717, 1.165) is 4.57 Å². The number of fused-ring (bicyclic) bond motifs is 1. The van der Waals surface area contributed by atoms with Gasteiger partial charge >= 0.3 is 5.69 Å². The van der Waals surface area contributed by atoms with E-state index >= 15 is 0 Å². The van der Waals surface area contributed by atoms with Crippen LogP contribution in [0.4, 0.5) is 0 Å². The van der Waals surface area contributed by atoms with Gasteiger partial charge in [0.15, 0.2) is 0 Å². The number of rotatable bonds is 6. The first-order valence-corrected chi connectivity index (χ1v) is 9.65. The lowest BCUT2D eigenvalue weighted by molar-refractivity contribution is -0.124. The standard InChI is InChI=1S/C22H25N3O4/c1-5-29-17-12-10-16(11-13-17)25-21(27)18-8-6-7-9-19(18)24(22(25)28)15(4)20(26)23-14(2)3/h6-15H,5H2,1-4H3,(H,23,26). The van der Waals surface area contributed by atoms with Crippen molar-refractivity contribution in [2.45, 2.75) is 39.8 Å². The summed E-state index contributed by atoms with van der Waals surface area (Å²) in [6.45, 7) is 7.76. The Kier molecular flexibility index (Phi) is 5.87. The van der Waals surface area contributed by atoms with Gasteiger partial charge in [0.05, 0.1) is 23.2 Å². The monoisotopic (exact) mass is 395 g/mol. The van der Waals surface area contributed by atoms with Gasteiger partial charge in [-0.05, 0) is 64.1 Å². The summed E-state index contributed by atoms with van der Waals surface area (Å²) in [5, 5.41) is 3.19. The van der Waals surface area contributed by atoms with Crippen LogP contribution in [0.5, 0.6) is 5.75 Å². The maximum atomic E-state index is 13.4. The normalized spacial score (nSPS) is 12.2. The largest absolute Gasteiger partial charge is 0.494 e. The van der Waals surface area contributed by atoms with Gasteiger partial charge in [-0.25, -0.2) is 9.36 Å². The van der Waals surface area contributed by atoms with Crippen LogP contribution in [-0.4, -0.2) is 27.7 Å². The quantitative estimate of drug-likeness (QED) is 0.696. The summed E-state index contributed by atoms with van der Waals surface area (Å²) >= 11 is 0. The maximum Gasteiger partial charge on any atom is 0.336 e. The summed E-state index contributed by atoms with van der Waals surface area (Å²) < 4.78 is 7.89. The molecule has 2 aromatic carbocycles. The number of para-hydroxylation sites is 1. The zero-order chi connectivity index (χ0) is 21.1. The molecule has 7 nitrogen and oxygen atoms in total. The molecule has 0 radical (unpaired) electrons. The Morgan fingerprint density at radius 1 is 1.03 bits per heavy atom.